The Bertz CT molecular complexity index is 1160. The number of aliphatic carboxylic acids is 1. The molecule has 1 saturated carbocycles. The summed E-state index contributed by atoms with van der Waals surface area (Å²) in [4.78, 5) is 24.3. The van der Waals surface area contributed by atoms with Gasteiger partial charge in [-0.15, -0.1) is 11.8 Å². The molecule has 0 bridgehead atoms. The second-order valence-electron chi connectivity index (χ2n) is 7.37. The van der Waals surface area contributed by atoms with E-state index in [1.54, 1.807) is 0 Å². The van der Waals surface area contributed by atoms with Crippen LogP contribution in [0.15, 0.2) is 50.7 Å². The fraction of sp³-hybridized carbons (Fsp3) is 0.286. The van der Waals surface area contributed by atoms with Crippen LogP contribution in [-0.4, -0.2) is 26.6 Å². The lowest BCUT2D eigenvalue weighted by molar-refractivity contribution is -0.140. The van der Waals surface area contributed by atoms with Crippen molar-refractivity contribution < 1.29 is 14.4 Å². The van der Waals surface area contributed by atoms with Crippen molar-refractivity contribution in [2.75, 3.05) is 5.75 Å². The van der Waals surface area contributed by atoms with Crippen LogP contribution in [0.4, 0.5) is 0 Å². The van der Waals surface area contributed by atoms with E-state index in [9.17, 15) is 14.7 Å². The van der Waals surface area contributed by atoms with Crippen molar-refractivity contribution in [2.24, 2.45) is 0 Å². The third-order valence-corrected chi connectivity index (χ3v) is 6.47. The lowest BCUT2D eigenvalue weighted by Crippen LogP contribution is -2.29. The zero-order valence-electron chi connectivity index (χ0n) is 15.2. The normalized spacial score (nSPS) is 18.2. The molecule has 1 fully saturated rings. The molecule has 0 spiro atoms. The van der Waals surface area contributed by atoms with Gasteiger partial charge in [0.1, 0.15) is 11.7 Å². The number of hydrogen-bond acceptors (Lipinski definition) is 5. The Morgan fingerprint density at radius 3 is 2.82 bits per heavy atom. The van der Waals surface area contributed by atoms with E-state index in [1.807, 2.05) is 37.3 Å². The highest BCUT2D eigenvalue weighted by Crippen LogP contribution is 2.50. The molecule has 1 aliphatic carbocycles. The molecular weight excluding hydrogens is 376 g/mol. The highest BCUT2D eigenvalue weighted by Gasteiger charge is 2.38. The summed E-state index contributed by atoms with van der Waals surface area (Å²) in [6.45, 7) is 2.02. The number of benzene rings is 1. The van der Waals surface area contributed by atoms with Gasteiger partial charge in [-0.05, 0) is 37.3 Å². The molecule has 6 nitrogen and oxygen atoms in total. The molecule has 5 rings (SSSR count). The number of carbonyl (C=O) groups is 1. The lowest BCUT2D eigenvalue weighted by Gasteiger charge is -2.14. The number of carboxylic acid groups (broad SMARTS) is 1. The number of nitrogens with zero attached hydrogens (tertiary/aromatic N) is 2. The number of rotatable bonds is 4. The average Bonchev–Trinajstić information content (AvgIpc) is 3.19. The molecule has 2 aromatic heterocycles. The molecular formula is C21H18N2O4S. The molecule has 1 aromatic carbocycles. The fourth-order valence-electron chi connectivity index (χ4n) is 3.79. The van der Waals surface area contributed by atoms with Gasteiger partial charge in [0.25, 0.3) is 5.56 Å². The van der Waals surface area contributed by atoms with E-state index < -0.39 is 12.0 Å². The SMILES string of the molecule is Cc1cccc(-c2cc(-c3cc(=O)n4c(c3C3CC3)SCC4C(=O)O)on2)c1. The van der Waals surface area contributed by atoms with Crippen LogP contribution in [0.1, 0.15) is 35.9 Å². The third kappa shape index (κ3) is 2.77. The largest absolute Gasteiger partial charge is 0.480 e. The van der Waals surface area contributed by atoms with Gasteiger partial charge < -0.3 is 9.63 Å². The van der Waals surface area contributed by atoms with E-state index in [2.05, 4.69) is 5.16 Å². The number of aromatic nitrogens is 2. The summed E-state index contributed by atoms with van der Waals surface area (Å²) in [5.74, 6) is 0.297. The van der Waals surface area contributed by atoms with E-state index >= 15 is 0 Å². The van der Waals surface area contributed by atoms with Gasteiger partial charge in [-0.25, -0.2) is 4.79 Å². The number of thioether (sulfide) groups is 1. The van der Waals surface area contributed by atoms with Crippen molar-refractivity contribution >= 4 is 17.7 Å². The first-order chi connectivity index (χ1) is 13.5. The van der Waals surface area contributed by atoms with Gasteiger partial charge in [0.15, 0.2) is 5.76 Å². The van der Waals surface area contributed by atoms with Crippen molar-refractivity contribution in [3.05, 3.63) is 57.9 Å². The molecule has 3 heterocycles. The first-order valence-electron chi connectivity index (χ1n) is 9.22. The Balaban J connectivity index is 1.65. The van der Waals surface area contributed by atoms with Crippen LogP contribution < -0.4 is 5.56 Å². The van der Waals surface area contributed by atoms with Gasteiger partial charge in [0.2, 0.25) is 0 Å². The maximum Gasteiger partial charge on any atom is 0.327 e. The topological polar surface area (TPSA) is 85.3 Å². The molecule has 28 heavy (non-hydrogen) atoms. The maximum atomic E-state index is 12.8. The lowest BCUT2D eigenvalue weighted by atomic mass is 10.0. The van der Waals surface area contributed by atoms with Crippen LogP contribution in [0.5, 0.6) is 0 Å². The molecule has 1 N–H and O–H groups in total. The van der Waals surface area contributed by atoms with Crippen LogP contribution in [0, 0.1) is 6.92 Å². The molecule has 142 valence electrons. The Labute approximate surface area is 165 Å². The van der Waals surface area contributed by atoms with Gasteiger partial charge in [-0.1, -0.05) is 28.9 Å². The van der Waals surface area contributed by atoms with Crippen LogP contribution in [0.2, 0.25) is 0 Å². The quantitative estimate of drug-likeness (QED) is 0.717. The minimum atomic E-state index is -0.968. The first kappa shape index (κ1) is 17.3. The molecule has 3 aromatic rings. The zero-order valence-corrected chi connectivity index (χ0v) is 16.0. The van der Waals surface area contributed by atoms with Crippen LogP contribution >= 0.6 is 11.8 Å². The van der Waals surface area contributed by atoms with Gasteiger partial charge >= 0.3 is 5.97 Å². The Morgan fingerprint density at radius 2 is 2.11 bits per heavy atom. The van der Waals surface area contributed by atoms with Crippen molar-refractivity contribution in [3.63, 3.8) is 0 Å². The second-order valence-corrected chi connectivity index (χ2v) is 8.38. The van der Waals surface area contributed by atoms with Crippen LogP contribution in [0.3, 0.4) is 0 Å². The first-order valence-corrected chi connectivity index (χ1v) is 10.2. The highest BCUT2D eigenvalue weighted by atomic mass is 32.2. The Kier molecular flexibility index (Phi) is 3.94. The molecule has 1 aliphatic heterocycles. The monoisotopic (exact) mass is 394 g/mol. The van der Waals surface area contributed by atoms with Gasteiger partial charge in [0, 0.05) is 29.0 Å². The smallest absolute Gasteiger partial charge is 0.327 e. The molecule has 2 aliphatic rings. The summed E-state index contributed by atoms with van der Waals surface area (Å²) < 4.78 is 7.06. The van der Waals surface area contributed by atoms with Gasteiger partial charge in [0.05, 0.1) is 5.03 Å². The fourth-order valence-corrected chi connectivity index (χ4v) is 5.18. The number of carboxylic acids is 1. The van der Waals surface area contributed by atoms with E-state index in [1.165, 1.54) is 22.4 Å². The van der Waals surface area contributed by atoms with Crippen molar-refractivity contribution in [1.82, 2.24) is 9.72 Å². The summed E-state index contributed by atoms with van der Waals surface area (Å²) >= 11 is 1.45. The summed E-state index contributed by atoms with van der Waals surface area (Å²) in [6, 6.07) is 10.6. The standard InChI is InChI=1S/C21H18N2O4S/c1-11-3-2-4-13(7-11)15-9-17(27-22-15)14-8-18(24)23-16(21(25)26)10-28-20(23)19(14)12-5-6-12/h2-4,7-9,12,16H,5-6,10H2,1H3,(H,25,26). The number of aryl methyl sites for hydroxylation is 1. The number of pyridine rings is 1. The van der Waals surface area contributed by atoms with Crippen molar-refractivity contribution in [1.29, 1.82) is 0 Å². The van der Waals surface area contributed by atoms with Crippen molar-refractivity contribution in [2.45, 2.75) is 36.8 Å². The highest BCUT2D eigenvalue weighted by molar-refractivity contribution is 7.99. The predicted molar refractivity (Wildman–Crippen MR) is 106 cm³/mol. The van der Waals surface area contributed by atoms with Crippen molar-refractivity contribution in [3.8, 4) is 22.6 Å². The molecule has 7 heteroatoms. The Morgan fingerprint density at radius 1 is 1.29 bits per heavy atom. The van der Waals surface area contributed by atoms with E-state index in [4.69, 9.17) is 4.52 Å². The Hall–Kier alpha value is -2.80. The summed E-state index contributed by atoms with van der Waals surface area (Å²) in [5, 5.41) is 14.4. The molecule has 0 amide bonds. The summed E-state index contributed by atoms with van der Waals surface area (Å²) in [7, 11) is 0. The minimum Gasteiger partial charge on any atom is -0.480 e. The van der Waals surface area contributed by atoms with E-state index in [-0.39, 0.29) is 5.56 Å². The second kappa shape index (κ2) is 6.38. The summed E-state index contributed by atoms with van der Waals surface area (Å²) in [5.41, 5.74) is 4.27. The van der Waals surface area contributed by atoms with E-state index in [0.29, 0.717) is 17.4 Å². The molecule has 1 unspecified atom stereocenters. The van der Waals surface area contributed by atoms with E-state index in [0.717, 1.165) is 45.8 Å². The molecule has 0 saturated heterocycles. The zero-order chi connectivity index (χ0) is 19.4. The third-order valence-electron chi connectivity index (χ3n) is 5.29. The predicted octanol–water partition coefficient (Wildman–Crippen LogP) is 4.09. The van der Waals surface area contributed by atoms with Crippen LogP contribution in [0.25, 0.3) is 22.6 Å². The van der Waals surface area contributed by atoms with Crippen LogP contribution in [-0.2, 0) is 4.79 Å². The maximum absolute atomic E-state index is 12.8. The molecule has 0 radical (unpaired) electrons. The summed E-state index contributed by atoms with van der Waals surface area (Å²) in [6.07, 6.45) is 2.07. The minimum absolute atomic E-state index is 0.305. The number of fused-ring (bicyclic) bond motifs is 1. The van der Waals surface area contributed by atoms with Gasteiger partial charge in [-0.3, -0.25) is 9.36 Å². The molecule has 1 atom stereocenters. The number of hydrogen-bond donors (Lipinski definition) is 1. The van der Waals surface area contributed by atoms with Gasteiger partial charge in [-0.2, -0.15) is 0 Å². The average molecular weight is 394 g/mol.